The summed E-state index contributed by atoms with van der Waals surface area (Å²) < 4.78 is 30.9. The first-order valence-electron chi connectivity index (χ1n) is 9.16. The fraction of sp³-hybridized carbons (Fsp3) is 0. The van der Waals surface area contributed by atoms with E-state index in [-0.39, 0.29) is 4.90 Å². The lowest BCUT2D eigenvalue weighted by atomic mass is 10.1. The zero-order valence-electron chi connectivity index (χ0n) is 15.4. The van der Waals surface area contributed by atoms with Crippen molar-refractivity contribution in [2.75, 3.05) is 4.72 Å². The Morgan fingerprint density at radius 1 is 0.759 bits per heavy atom. The van der Waals surface area contributed by atoms with Crippen LogP contribution in [0, 0.1) is 0 Å². The second-order valence-electron chi connectivity index (χ2n) is 6.72. The molecule has 0 aliphatic rings. The van der Waals surface area contributed by atoms with Gasteiger partial charge in [-0.2, -0.15) is 0 Å². The Kier molecular flexibility index (Phi) is 4.07. The zero-order valence-corrected chi connectivity index (χ0v) is 16.2. The molecule has 0 bridgehead atoms. The lowest BCUT2D eigenvalue weighted by Crippen LogP contribution is -2.15. The molecule has 5 rings (SSSR count). The predicted octanol–water partition coefficient (Wildman–Crippen LogP) is 4.96. The Hall–Kier alpha value is -3.64. The molecule has 6 heteroatoms. The van der Waals surface area contributed by atoms with Crippen molar-refractivity contribution < 1.29 is 8.42 Å². The molecule has 0 spiro atoms. The molecule has 0 atom stereocenters. The summed E-state index contributed by atoms with van der Waals surface area (Å²) in [6.07, 6.45) is 1.80. The first-order valence-corrected chi connectivity index (χ1v) is 10.6. The number of pyridine rings is 1. The van der Waals surface area contributed by atoms with E-state index in [2.05, 4.69) is 9.71 Å². The van der Waals surface area contributed by atoms with E-state index < -0.39 is 10.0 Å². The van der Waals surface area contributed by atoms with Gasteiger partial charge in [0.15, 0.2) is 5.82 Å². The van der Waals surface area contributed by atoms with Gasteiger partial charge in [0.1, 0.15) is 11.3 Å². The quantitative estimate of drug-likeness (QED) is 0.465. The Morgan fingerprint density at radius 3 is 2.31 bits per heavy atom. The summed E-state index contributed by atoms with van der Waals surface area (Å²) in [5.41, 5.74) is 2.09. The molecule has 5 nitrogen and oxygen atoms in total. The molecule has 0 saturated heterocycles. The Bertz CT molecular complexity index is 1440. The molecule has 142 valence electrons. The average Bonchev–Trinajstić information content (AvgIpc) is 3.12. The van der Waals surface area contributed by atoms with E-state index in [0.29, 0.717) is 17.2 Å². The first kappa shape index (κ1) is 17.5. The number of benzene rings is 3. The fourth-order valence-electron chi connectivity index (χ4n) is 3.41. The van der Waals surface area contributed by atoms with Crippen LogP contribution in [0.5, 0.6) is 0 Å². The van der Waals surface area contributed by atoms with Crippen LogP contribution in [0.4, 0.5) is 5.82 Å². The smallest absolute Gasteiger partial charge is 0.263 e. The number of aromatic nitrogens is 2. The van der Waals surface area contributed by atoms with Crippen LogP contribution in [0.3, 0.4) is 0 Å². The van der Waals surface area contributed by atoms with Crippen molar-refractivity contribution in [2.24, 2.45) is 0 Å². The highest BCUT2D eigenvalue weighted by atomic mass is 32.2. The van der Waals surface area contributed by atoms with Crippen molar-refractivity contribution in [1.82, 2.24) is 9.38 Å². The van der Waals surface area contributed by atoms with Crippen molar-refractivity contribution in [3.05, 3.63) is 97.2 Å². The van der Waals surface area contributed by atoms with Crippen molar-refractivity contribution in [1.29, 1.82) is 0 Å². The number of hydrogen-bond acceptors (Lipinski definition) is 3. The van der Waals surface area contributed by atoms with Gasteiger partial charge in [-0.15, -0.1) is 0 Å². The second-order valence-corrected chi connectivity index (χ2v) is 8.40. The van der Waals surface area contributed by atoms with Crippen molar-refractivity contribution in [3.8, 4) is 11.3 Å². The van der Waals surface area contributed by atoms with Gasteiger partial charge >= 0.3 is 0 Å². The summed E-state index contributed by atoms with van der Waals surface area (Å²) in [6.45, 7) is 0. The van der Waals surface area contributed by atoms with Crippen LogP contribution in [0.1, 0.15) is 0 Å². The Labute approximate surface area is 168 Å². The summed E-state index contributed by atoms with van der Waals surface area (Å²) in [5, 5.41) is 1.86. The average molecular weight is 399 g/mol. The van der Waals surface area contributed by atoms with E-state index in [4.69, 9.17) is 0 Å². The number of hydrogen-bond donors (Lipinski definition) is 1. The van der Waals surface area contributed by atoms with E-state index in [1.807, 2.05) is 78.9 Å². The molecule has 0 aliphatic heterocycles. The van der Waals surface area contributed by atoms with Crippen molar-refractivity contribution in [2.45, 2.75) is 4.90 Å². The van der Waals surface area contributed by atoms with Crippen LogP contribution in [0.15, 0.2) is 102 Å². The molecule has 2 aromatic heterocycles. The van der Waals surface area contributed by atoms with Gasteiger partial charge in [0.2, 0.25) is 0 Å². The van der Waals surface area contributed by atoms with E-state index in [1.165, 1.54) is 0 Å². The molecule has 0 unspecified atom stereocenters. The summed E-state index contributed by atoms with van der Waals surface area (Å²) in [5.74, 6) is 0.417. The lowest BCUT2D eigenvalue weighted by Gasteiger charge is -2.11. The van der Waals surface area contributed by atoms with Gasteiger partial charge in [-0.25, -0.2) is 13.4 Å². The third kappa shape index (κ3) is 3.13. The number of rotatable bonds is 4. The largest absolute Gasteiger partial charge is 0.285 e. The number of imidazole rings is 1. The highest BCUT2D eigenvalue weighted by molar-refractivity contribution is 7.92. The molecule has 3 aromatic carbocycles. The first-order chi connectivity index (χ1) is 14.1. The topological polar surface area (TPSA) is 63.5 Å². The predicted molar refractivity (Wildman–Crippen MR) is 115 cm³/mol. The molecular formula is C23H17N3O2S. The van der Waals surface area contributed by atoms with Crippen molar-refractivity contribution in [3.63, 3.8) is 0 Å². The minimum atomic E-state index is -3.81. The molecule has 0 radical (unpaired) electrons. The normalized spacial score (nSPS) is 11.7. The van der Waals surface area contributed by atoms with E-state index in [9.17, 15) is 8.42 Å². The third-order valence-corrected chi connectivity index (χ3v) is 6.18. The number of sulfonamides is 1. The monoisotopic (exact) mass is 399 g/mol. The van der Waals surface area contributed by atoms with Crippen LogP contribution in [-0.2, 0) is 10.0 Å². The SMILES string of the molecule is O=S(=O)(Nc1c(-c2ccccc2)nc2ccccn12)c1ccc2ccccc2c1. The molecule has 0 saturated carbocycles. The summed E-state index contributed by atoms with van der Waals surface area (Å²) in [4.78, 5) is 4.86. The molecule has 1 N–H and O–H groups in total. The fourth-order valence-corrected chi connectivity index (χ4v) is 4.51. The molecule has 0 amide bonds. The summed E-state index contributed by atoms with van der Waals surface area (Å²) >= 11 is 0. The highest BCUT2D eigenvalue weighted by Gasteiger charge is 2.21. The molecular weight excluding hydrogens is 382 g/mol. The maximum absolute atomic E-state index is 13.2. The summed E-state index contributed by atoms with van der Waals surface area (Å²) in [7, 11) is -3.81. The number of nitrogens with zero attached hydrogens (tertiary/aromatic N) is 2. The number of fused-ring (bicyclic) bond motifs is 2. The van der Waals surface area contributed by atoms with E-state index in [0.717, 1.165) is 16.3 Å². The molecule has 0 fully saturated rings. The summed E-state index contributed by atoms with van der Waals surface area (Å²) in [6, 6.07) is 27.9. The van der Waals surface area contributed by atoms with Gasteiger partial charge in [-0.3, -0.25) is 9.12 Å². The molecule has 29 heavy (non-hydrogen) atoms. The van der Waals surface area contributed by atoms with Crippen LogP contribution >= 0.6 is 0 Å². The lowest BCUT2D eigenvalue weighted by molar-refractivity contribution is 0.601. The number of nitrogens with one attached hydrogen (secondary N) is 1. The Balaban J connectivity index is 1.65. The van der Waals surface area contributed by atoms with E-state index in [1.54, 1.807) is 22.7 Å². The van der Waals surface area contributed by atoms with Crippen molar-refractivity contribution >= 4 is 32.3 Å². The molecule has 5 aromatic rings. The van der Waals surface area contributed by atoms with Gasteiger partial charge in [0.25, 0.3) is 10.0 Å². The zero-order chi connectivity index (χ0) is 19.8. The minimum Gasteiger partial charge on any atom is -0.285 e. The van der Waals surface area contributed by atoms with E-state index >= 15 is 0 Å². The van der Waals surface area contributed by atoms with Crippen LogP contribution in [-0.4, -0.2) is 17.8 Å². The Morgan fingerprint density at radius 2 is 1.48 bits per heavy atom. The van der Waals surface area contributed by atoms with Crippen LogP contribution < -0.4 is 4.72 Å². The van der Waals surface area contributed by atoms with Gasteiger partial charge in [0, 0.05) is 11.8 Å². The van der Waals surface area contributed by atoms with Crippen LogP contribution in [0.2, 0.25) is 0 Å². The second kappa shape index (κ2) is 6.76. The van der Waals surface area contributed by atoms with Gasteiger partial charge in [0.05, 0.1) is 4.90 Å². The highest BCUT2D eigenvalue weighted by Crippen LogP contribution is 2.31. The van der Waals surface area contributed by atoms with Gasteiger partial charge < -0.3 is 0 Å². The molecule has 2 heterocycles. The molecule has 0 aliphatic carbocycles. The van der Waals surface area contributed by atoms with Gasteiger partial charge in [-0.05, 0) is 35.0 Å². The van der Waals surface area contributed by atoms with Crippen LogP contribution in [0.25, 0.3) is 27.7 Å². The van der Waals surface area contributed by atoms with Gasteiger partial charge in [-0.1, -0.05) is 66.7 Å². The standard InChI is InChI=1S/C23H17N3O2S/c27-29(28,20-14-13-17-8-4-5-11-19(17)16-20)25-23-22(18-9-2-1-3-10-18)24-21-12-6-7-15-26(21)23/h1-16,25H. The minimum absolute atomic E-state index is 0.209. The maximum Gasteiger partial charge on any atom is 0.263 e. The maximum atomic E-state index is 13.2. The third-order valence-electron chi connectivity index (χ3n) is 4.84. The number of anilines is 1.